The summed E-state index contributed by atoms with van der Waals surface area (Å²) < 4.78 is 0. The molecule has 3 aromatic heterocycles. The summed E-state index contributed by atoms with van der Waals surface area (Å²) in [5.74, 6) is 0.365. The number of nitrogens with zero attached hydrogens (tertiary/aromatic N) is 2. The molecule has 51 heavy (non-hydrogen) atoms. The second kappa shape index (κ2) is 12.1. The molecule has 0 unspecified atom stereocenters. The number of aromatic hydroxyl groups is 3. The molecule has 0 saturated carbocycles. The van der Waals surface area contributed by atoms with Gasteiger partial charge in [0.1, 0.15) is 17.2 Å². The summed E-state index contributed by atoms with van der Waals surface area (Å²) in [6, 6.07) is 39.7. The van der Waals surface area contributed by atoms with E-state index in [1.54, 1.807) is 36.4 Å². The highest BCUT2D eigenvalue weighted by Crippen LogP contribution is 2.42. The highest BCUT2D eigenvalue weighted by Gasteiger charge is 2.21. The van der Waals surface area contributed by atoms with Crippen LogP contribution in [0, 0.1) is 0 Å². The van der Waals surface area contributed by atoms with Crippen LogP contribution in [-0.2, 0) is 0 Å². The van der Waals surface area contributed by atoms with Crippen LogP contribution in [-0.4, -0.2) is 35.3 Å². The Balaban J connectivity index is 1.51. The minimum atomic E-state index is 0.109. The number of aromatic nitrogens is 4. The normalized spacial score (nSPS) is 12.0. The Morgan fingerprint density at radius 2 is 0.647 bits per heavy atom. The maximum absolute atomic E-state index is 11.2. The number of H-pyrrole nitrogens is 2. The fraction of sp³-hybridized carbons (Fsp3) is 0. The Kier molecular flexibility index (Phi) is 7.10. The highest BCUT2D eigenvalue weighted by molar-refractivity contribution is 6.01. The predicted molar refractivity (Wildman–Crippen MR) is 206 cm³/mol. The van der Waals surface area contributed by atoms with Gasteiger partial charge in [-0.3, -0.25) is 0 Å². The van der Waals surface area contributed by atoms with Crippen LogP contribution < -0.4 is 0 Å². The van der Waals surface area contributed by atoms with Crippen LogP contribution in [0.1, 0.15) is 22.8 Å². The predicted octanol–water partition coefficient (Wildman–Crippen LogP) is 10.4. The number of rotatable bonds is 4. The summed E-state index contributed by atoms with van der Waals surface area (Å²) >= 11 is 0. The van der Waals surface area contributed by atoms with Gasteiger partial charge < -0.3 is 25.3 Å². The number of nitrogens with one attached hydrogen (secondary N) is 2. The third kappa shape index (κ3) is 5.16. The molecule has 0 spiro atoms. The quantitative estimate of drug-likeness (QED) is 0.129. The first-order valence-corrected chi connectivity index (χ1v) is 16.6. The van der Waals surface area contributed by atoms with Gasteiger partial charge in [0, 0.05) is 61.0 Å². The SMILES string of the molecule is Oc1ccccc1-c1c2nc(c(-c3ccccc3O)c3ccc([nH]3)c(-c3ccccc3O)c3nc(c(-c4ccccc4)c4ccc1[nH]4)C=C3)C=C2. The standard InChI is InChI=1S/C44H30N4O3/c49-38-15-7-4-12-27(38)42-32-20-18-30(45-32)41(26-10-2-1-3-11-26)31-19-21-33(46-31)43(28-13-5-8-16-39(28)50)35-23-25-37(48-35)44(36-24-22-34(42)47-36)29-14-6-9-17-40(29)51/h1-25,45,48-51H. The van der Waals surface area contributed by atoms with E-state index in [-0.39, 0.29) is 17.2 Å². The second-order valence-corrected chi connectivity index (χ2v) is 12.4. The zero-order valence-electron chi connectivity index (χ0n) is 27.2. The Morgan fingerprint density at radius 3 is 1.02 bits per heavy atom. The molecule has 7 aromatic rings. The maximum atomic E-state index is 11.2. The van der Waals surface area contributed by atoms with Crippen molar-refractivity contribution in [1.82, 2.24) is 19.9 Å². The zero-order valence-corrected chi connectivity index (χ0v) is 27.2. The molecular formula is C44H30N4O3. The molecule has 0 atom stereocenters. The fourth-order valence-corrected chi connectivity index (χ4v) is 7.02. The average molecular weight is 663 g/mol. The van der Waals surface area contributed by atoms with Crippen LogP contribution in [0.4, 0.5) is 0 Å². The molecule has 2 aliphatic rings. The van der Waals surface area contributed by atoms with Gasteiger partial charge in [-0.1, -0.05) is 84.9 Å². The van der Waals surface area contributed by atoms with Crippen molar-refractivity contribution < 1.29 is 15.3 Å². The van der Waals surface area contributed by atoms with Crippen LogP contribution in [0.2, 0.25) is 0 Å². The molecule has 5 heterocycles. The van der Waals surface area contributed by atoms with Crippen molar-refractivity contribution in [3.8, 4) is 61.8 Å². The molecule has 4 aromatic carbocycles. The van der Waals surface area contributed by atoms with Crippen molar-refractivity contribution >= 4 is 46.4 Å². The number of para-hydroxylation sites is 3. The molecular weight excluding hydrogens is 633 g/mol. The van der Waals surface area contributed by atoms with E-state index in [9.17, 15) is 15.3 Å². The zero-order chi connectivity index (χ0) is 34.5. The molecule has 2 aliphatic heterocycles. The minimum absolute atomic E-state index is 0.109. The van der Waals surface area contributed by atoms with Crippen LogP contribution in [0.3, 0.4) is 0 Å². The van der Waals surface area contributed by atoms with Gasteiger partial charge in [-0.05, 0) is 72.3 Å². The molecule has 7 heteroatoms. The fourth-order valence-electron chi connectivity index (χ4n) is 7.02. The summed E-state index contributed by atoms with van der Waals surface area (Å²) in [6.07, 6.45) is 7.84. The molecule has 5 N–H and O–H groups in total. The molecule has 7 nitrogen and oxygen atoms in total. The average Bonchev–Trinajstić information content (AvgIpc) is 3.99. The van der Waals surface area contributed by atoms with E-state index in [1.807, 2.05) is 103 Å². The van der Waals surface area contributed by atoms with Crippen molar-refractivity contribution in [2.45, 2.75) is 0 Å². The van der Waals surface area contributed by atoms with Crippen molar-refractivity contribution in [1.29, 1.82) is 0 Å². The summed E-state index contributed by atoms with van der Waals surface area (Å²) in [4.78, 5) is 17.7. The molecule has 8 bridgehead atoms. The number of fused-ring (bicyclic) bond motifs is 8. The first kappa shape index (κ1) is 30.0. The van der Waals surface area contributed by atoms with Gasteiger partial charge in [0.25, 0.3) is 0 Å². The van der Waals surface area contributed by atoms with Crippen LogP contribution in [0.25, 0.3) is 90.9 Å². The number of benzene rings is 4. The molecule has 0 aliphatic carbocycles. The maximum Gasteiger partial charge on any atom is 0.123 e. The first-order chi connectivity index (χ1) is 25.0. The lowest BCUT2D eigenvalue weighted by Gasteiger charge is -2.08. The molecule has 0 saturated heterocycles. The highest BCUT2D eigenvalue weighted by atomic mass is 16.3. The third-order valence-corrected chi connectivity index (χ3v) is 9.34. The number of phenolic OH excluding ortho intramolecular Hbond substituents is 3. The first-order valence-electron chi connectivity index (χ1n) is 16.6. The van der Waals surface area contributed by atoms with E-state index in [0.29, 0.717) is 44.9 Å². The van der Waals surface area contributed by atoms with Crippen LogP contribution >= 0.6 is 0 Å². The van der Waals surface area contributed by atoms with Crippen molar-refractivity contribution in [2.75, 3.05) is 0 Å². The van der Waals surface area contributed by atoms with Gasteiger partial charge in [0.05, 0.1) is 22.8 Å². The second-order valence-electron chi connectivity index (χ2n) is 12.4. The number of phenols is 3. The largest absolute Gasteiger partial charge is 0.507 e. The number of hydrogen-bond acceptors (Lipinski definition) is 5. The summed E-state index contributed by atoms with van der Waals surface area (Å²) in [5.41, 5.74) is 11.6. The Morgan fingerprint density at radius 1 is 0.333 bits per heavy atom. The van der Waals surface area contributed by atoms with Crippen molar-refractivity contribution in [3.63, 3.8) is 0 Å². The smallest absolute Gasteiger partial charge is 0.123 e. The van der Waals surface area contributed by atoms with Gasteiger partial charge in [0.2, 0.25) is 0 Å². The van der Waals surface area contributed by atoms with E-state index in [1.165, 1.54) is 0 Å². The van der Waals surface area contributed by atoms with E-state index >= 15 is 0 Å². The van der Waals surface area contributed by atoms with E-state index in [2.05, 4.69) is 22.1 Å². The molecule has 0 amide bonds. The van der Waals surface area contributed by atoms with Crippen molar-refractivity contribution in [3.05, 3.63) is 150 Å². The number of aromatic amines is 2. The minimum Gasteiger partial charge on any atom is -0.507 e. The lowest BCUT2D eigenvalue weighted by atomic mass is 10.0. The van der Waals surface area contributed by atoms with E-state index in [4.69, 9.17) is 9.97 Å². The molecule has 244 valence electrons. The Bertz CT molecular complexity index is 2690. The van der Waals surface area contributed by atoms with Gasteiger partial charge in [0.15, 0.2) is 0 Å². The number of hydrogen-bond donors (Lipinski definition) is 5. The van der Waals surface area contributed by atoms with Gasteiger partial charge >= 0.3 is 0 Å². The lowest BCUT2D eigenvalue weighted by molar-refractivity contribution is 0.477. The van der Waals surface area contributed by atoms with E-state index in [0.717, 1.165) is 44.5 Å². The molecule has 0 fully saturated rings. The summed E-state index contributed by atoms with van der Waals surface area (Å²) in [7, 11) is 0. The lowest BCUT2D eigenvalue weighted by Crippen LogP contribution is -1.90. The van der Waals surface area contributed by atoms with Gasteiger partial charge in [-0.15, -0.1) is 0 Å². The molecule has 0 radical (unpaired) electrons. The van der Waals surface area contributed by atoms with Gasteiger partial charge in [-0.2, -0.15) is 0 Å². The topological polar surface area (TPSA) is 118 Å². The molecule has 9 rings (SSSR count). The Hall–Kier alpha value is -7.12. The summed E-state index contributed by atoms with van der Waals surface area (Å²) in [5, 5.41) is 33.5. The Labute approximate surface area is 292 Å². The van der Waals surface area contributed by atoms with E-state index < -0.39 is 0 Å². The third-order valence-electron chi connectivity index (χ3n) is 9.34. The van der Waals surface area contributed by atoms with Crippen LogP contribution in [0.5, 0.6) is 17.2 Å². The summed E-state index contributed by atoms with van der Waals surface area (Å²) in [6.45, 7) is 0. The monoisotopic (exact) mass is 662 g/mol. The van der Waals surface area contributed by atoms with Gasteiger partial charge in [-0.25, -0.2) is 9.97 Å². The van der Waals surface area contributed by atoms with Crippen molar-refractivity contribution in [2.24, 2.45) is 0 Å². The van der Waals surface area contributed by atoms with Crippen LogP contribution in [0.15, 0.2) is 127 Å².